The van der Waals surface area contributed by atoms with Gasteiger partial charge in [-0.15, -0.1) is 0 Å². The van der Waals surface area contributed by atoms with Gasteiger partial charge in [0, 0.05) is 12.5 Å². The van der Waals surface area contributed by atoms with E-state index < -0.39 is 5.97 Å². The Morgan fingerprint density at radius 2 is 1.88 bits per heavy atom. The van der Waals surface area contributed by atoms with Crippen LogP contribution in [-0.4, -0.2) is 36.1 Å². The molecule has 3 N–H and O–H groups in total. The van der Waals surface area contributed by atoms with Crippen molar-refractivity contribution in [2.24, 2.45) is 5.41 Å². The van der Waals surface area contributed by atoms with E-state index in [9.17, 15) is 9.59 Å². The molecule has 1 heterocycles. The van der Waals surface area contributed by atoms with E-state index in [1.807, 2.05) is 13.8 Å². The molecule has 0 saturated carbocycles. The van der Waals surface area contributed by atoms with E-state index in [1.165, 1.54) is 0 Å². The van der Waals surface area contributed by atoms with E-state index >= 15 is 0 Å². The Morgan fingerprint density at radius 1 is 1.29 bits per heavy atom. The zero-order valence-electron chi connectivity index (χ0n) is 10.6. The van der Waals surface area contributed by atoms with E-state index in [4.69, 9.17) is 5.11 Å². The highest BCUT2D eigenvalue weighted by molar-refractivity contribution is 5.78. The van der Waals surface area contributed by atoms with Crippen LogP contribution < -0.4 is 10.6 Å². The van der Waals surface area contributed by atoms with Gasteiger partial charge >= 0.3 is 5.97 Å². The monoisotopic (exact) mass is 242 g/mol. The second kappa shape index (κ2) is 6.00. The number of aliphatic carboxylic acids is 1. The normalized spacial score (nSPS) is 19.0. The summed E-state index contributed by atoms with van der Waals surface area (Å²) in [7, 11) is 0. The standard InChI is InChI=1S/C12H22N2O3/c1-9(2)14-10(15)7-12(8-11(16)17)3-5-13-6-4-12/h9,13H,3-8H2,1-2H3,(H,14,15)(H,16,17). The maximum Gasteiger partial charge on any atom is 0.303 e. The van der Waals surface area contributed by atoms with Gasteiger partial charge in [0.1, 0.15) is 0 Å². The molecule has 1 aliphatic rings. The van der Waals surface area contributed by atoms with Crippen LogP contribution in [-0.2, 0) is 9.59 Å². The van der Waals surface area contributed by atoms with Gasteiger partial charge in [0.2, 0.25) is 5.91 Å². The number of carbonyl (C=O) groups excluding carboxylic acids is 1. The Labute approximate surface area is 102 Å². The molecule has 1 fully saturated rings. The van der Waals surface area contributed by atoms with Crippen LogP contribution in [0.25, 0.3) is 0 Å². The molecule has 0 bridgehead atoms. The van der Waals surface area contributed by atoms with Gasteiger partial charge in [-0.25, -0.2) is 0 Å². The van der Waals surface area contributed by atoms with Crippen molar-refractivity contribution < 1.29 is 14.7 Å². The minimum atomic E-state index is -0.816. The van der Waals surface area contributed by atoms with E-state index in [0.717, 1.165) is 25.9 Å². The van der Waals surface area contributed by atoms with Crippen LogP contribution in [0.5, 0.6) is 0 Å². The molecular weight excluding hydrogens is 220 g/mol. The highest BCUT2D eigenvalue weighted by atomic mass is 16.4. The van der Waals surface area contributed by atoms with Crippen LogP contribution in [0.4, 0.5) is 0 Å². The predicted octanol–water partition coefficient (Wildman–Crippen LogP) is 0.746. The average molecular weight is 242 g/mol. The Hall–Kier alpha value is -1.10. The minimum absolute atomic E-state index is 0.0387. The summed E-state index contributed by atoms with van der Waals surface area (Å²) in [4.78, 5) is 22.7. The van der Waals surface area contributed by atoms with Gasteiger partial charge in [-0.2, -0.15) is 0 Å². The van der Waals surface area contributed by atoms with Crippen molar-refractivity contribution >= 4 is 11.9 Å². The number of nitrogens with one attached hydrogen (secondary N) is 2. The van der Waals surface area contributed by atoms with Gasteiger partial charge in [-0.3, -0.25) is 9.59 Å². The zero-order chi connectivity index (χ0) is 12.9. The number of carboxylic acids is 1. The largest absolute Gasteiger partial charge is 0.481 e. The molecule has 0 radical (unpaired) electrons. The predicted molar refractivity (Wildman–Crippen MR) is 64.7 cm³/mol. The summed E-state index contributed by atoms with van der Waals surface area (Å²) in [6.45, 7) is 5.40. The van der Waals surface area contributed by atoms with Gasteiger partial charge in [-0.1, -0.05) is 0 Å². The molecule has 98 valence electrons. The minimum Gasteiger partial charge on any atom is -0.481 e. The first-order valence-corrected chi connectivity index (χ1v) is 6.15. The molecule has 0 aromatic carbocycles. The second-order valence-electron chi connectivity index (χ2n) is 5.22. The van der Waals surface area contributed by atoms with E-state index in [1.54, 1.807) is 0 Å². The molecule has 1 aliphatic heterocycles. The van der Waals surface area contributed by atoms with Crippen molar-refractivity contribution in [3.05, 3.63) is 0 Å². The van der Waals surface area contributed by atoms with Gasteiger partial charge < -0.3 is 15.7 Å². The summed E-state index contributed by atoms with van der Waals surface area (Å²) >= 11 is 0. The molecule has 1 rings (SSSR count). The maximum atomic E-state index is 11.8. The van der Waals surface area contributed by atoms with Crippen molar-refractivity contribution in [2.75, 3.05) is 13.1 Å². The lowest BCUT2D eigenvalue weighted by Gasteiger charge is -2.36. The maximum absolute atomic E-state index is 11.8. The Balaban J connectivity index is 2.62. The summed E-state index contributed by atoms with van der Waals surface area (Å²) < 4.78 is 0. The number of hydrogen-bond donors (Lipinski definition) is 3. The van der Waals surface area contributed by atoms with Crippen molar-refractivity contribution in [1.29, 1.82) is 0 Å². The van der Waals surface area contributed by atoms with Crippen LogP contribution in [0.15, 0.2) is 0 Å². The number of piperidine rings is 1. The average Bonchev–Trinajstić information content (AvgIpc) is 2.15. The third-order valence-corrected chi connectivity index (χ3v) is 3.18. The highest BCUT2D eigenvalue weighted by Crippen LogP contribution is 2.36. The topological polar surface area (TPSA) is 78.4 Å². The van der Waals surface area contributed by atoms with Crippen molar-refractivity contribution in [1.82, 2.24) is 10.6 Å². The van der Waals surface area contributed by atoms with Gasteiger partial charge in [0.25, 0.3) is 0 Å². The zero-order valence-corrected chi connectivity index (χ0v) is 10.6. The fourth-order valence-electron chi connectivity index (χ4n) is 2.41. The summed E-state index contributed by atoms with van der Waals surface area (Å²) in [6.07, 6.45) is 1.91. The van der Waals surface area contributed by atoms with Gasteiger partial charge in [0.15, 0.2) is 0 Å². The van der Waals surface area contributed by atoms with Crippen molar-refractivity contribution in [3.63, 3.8) is 0 Å². The number of rotatable bonds is 5. The molecule has 0 aromatic heterocycles. The Morgan fingerprint density at radius 3 is 2.35 bits per heavy atom. The number of amides is 1. The van der Waals surface area contributed by atoms with Crippen LogP contribution >= 0.6 is 0 Å². The summed E-state index contributed by atoms with van der Waals surface area (Å²) in [5, 5.41) is 15.0. The fraction of sp³-hybridized carbons (Fsp3) is 0.833. The summed E-state index contributed by atoms with van der Waals surface area (Å²) in [5.41, 5.74) is -0.365. The SMILES string of the molecule is CC(C)NC(=O)CC1(CC(=O)O)CCNCC1. The molecular formula is C12H22N2O3. The number of hydrogen-bond acceptors (Lipinski definition) is 3. The van der Waals surface area contributed by atoms with Crippen molar-refractivity contribution in [3.8, 4) is 0 Å². The summed E-state index contributed by atoms with van der Waals surface area (Å²) in [6, 6.07) is 0.103. The molecule has 0 spiro atoms. The van der Waals surface area contributed by atoms with Crippen LogP contribution in [0.3, 0.4) is 0 Å². The first-order valence-electron chi connectivity index (χ1n) is 6.15. The fourth-order valence-corrected chi connectivity index (χ4v) is 2.41. The molecule has 1 amide bonds. The van der Waals surface area contributed by atoms with Crippen LogP contribution in [0.1, 0.15) is 39.5 Å². The first-order chi connectivity index (χ1) is 7.93. The number of carboxylic acid groups (broad SMARTS) is 1. The van der Waals surface area contributed by atoms with Gasteiger partial charge in [0.05, 0.1) is 6.42 Å². The van der Waals surface area contributed by atoms with Gasteiger partial charge in [-0.05, 0) is 45.2 Å². The first kappa shape index (κ1) is 14.0. The molecule has 0 aromatic rings. The van der Waals surface area contributed by atoms with E-state index in [-0.39, 0.29) is 23.8 Å². The molecule has 0 atom stereocenters. The third-order valence-electron chi connectivity index (χ3n) is 3.18. The summed E-state index contributed by atoms with van der Waals surface area (Å²) in [5.74, 6) is -0.854. The van der Waals surface area contributed by atoms with Crippen molar-refractivity contribution in [2.45, 2.75) is 45.6 Å². The lowest BCUT2D eigenvalue weighted by molar-refractivity contribution is -0.141. The van der Waals surface area contributed by atoms with Crippen LogP contribution in [0, 0.1) is 5.41 Å². The lowest BCUT2D eigenvalue weighted by atomic mass is 9.73. The second-order valence-corrected chi connectivity index (χ2v) is 5.22. The van der Waals surface area contributed by atoms with E-state index in [0.29, 0.717) is 6.42 Å². The third kappa shape index (κ3) is 4.73. The molecule has 5 nitrogen and oxygen atoms in total. The molecule has 0 aliphatic carbocycles. The van der Waals surface area contributed by atoms with Crippen LogP contribution in [0.2, 0.25) is 0 Å². The highest BCUT2D eigenvalue weighted by Gasteiger charge is 2.36. The Bertz CT molecular complexity index is 283. The molecule has 0 unspecified atom stereocenters. The molecule has 5 heteroatoms. The smallest absolute Gasteiger partial charge is 0.303 e. The Kier molecular flexibility index (Phi) is 4.93. The molecule has 1 saturated heterocycles. The van der Waals surface area contributed by atoms with E-state index in [2.05, 4.69) is 10.6 Å². The molecule has 17 heavy (non-hydrogen) atoms. The quantitative estimate of drug-likeness (QED) is 0.664. The lowest BCUT2D eigenvalue weighted by Crippen LogP contribution is -2.42. The number of carbonyl (C=O) groups is 2.